The zero-order valence-corrected chi connectivity index (χ0v) is 13.0. The lowest BCUT2D eigenvalue weighted by Gasteiger charge is -2.41. The Labute approximate surface area is 119 Å². The zero-order chi connectivity index (χ0) is 13.7. The highest BCUT2D eigenvalue weighted by atomic mass is 14.5. The van der Waals surface area contributed by atoms with Gasteiger partial charge in [-0.15, -0.1) is 0 Å². The Hall–Kier alpha value is -0.510. The lowest BCUT2D eigenvalue weighted by Crippen LogP contribution is -2.32. The lowest BCUT2D eigenvalue weighted by molar-refractivity contribution is 0.105. The normalized spacial score (nSPS) is 39.7. The van der Waals surface area contributed by atoms with Crippen molar-refractivity contribution in [2.75, 3.05) is 0 Å². The summed E-state index contributed by atoms with van der Waals surface area (Å²) < 4.78 is 0. The summed E-state index contributed by atoms with van der Waals surface area (Å²) in [4.78, 5) is 0. The summed E-state index contributed by atoms with van der Waals surface area (Å²) in [7, 11) is 0. The molecule has 1 nitrogen and oxygen atoms in total. The highest BCUT2D eigenvalue weighted by molar-refractivity contribution is 5.02. The summed E-state index contributed by atoms with van der Waals surface area (Å²) >= 11 is 0. The van der Waals surface area contributed by atoms with E-state index < -0.39 is 0 Å². The molecule has 2 aliphatic rings. The van der Waals surface area contributed by atoms with Crippen LogP contribution in [0.3, 0.4) is 0 Å². The Kier molecular flexibility index (Phi) is 5.31. The van der Waals surface area contributed by atoms with Crippen molar-refractivity contribution in [3.05, 3.63) is 0 Å². The van der Waals surface area contributed by atoms with Gasteiger partial charge in [0.2, 0.25) is 0 Å². The summed E-state index contributed by atoms with van der Waals surface area (Å²) in [6.45, 7) is 4.57. The molecule has 0 spiro atoms. The summed E-state index contributed by atoms with van der Waals surface area (Å²) in [6.07, 6.45) is 14.5. The smallest absolute Gasteiger partial charge is 0.0689 e. The third kappa shape index (κ3) is 3.53. The van der Waals surface area contributed by atoms with E-state index in [1.807, 2.05) is 0 Å². The molecular weight excluding hydrogens is 230 g/mol. The molecule has 19 heavy (non-hydrogen) atoms. The topological polar surface area (TPSA) is 23.8 Å². The first kappa shape index (κ1) is 14.9. The molecule has 0 aromatic carbocycles. The molecule has 0 amide bonds. The predicted octanol–water partition coefficient (Wildman–Crippen LogP) is 5.70. The molecule has 2 aliphatic carbocycles. The van der Waals surface area contributed by atoms with E-state index in [0.29, 0.717) is 0 Å². The first-order valence-electron chi connectivity index (χ1n) is 8.64. The van der Waals surface area contributed by atoms with Gasteiger partial charge in [-0.25, -0.2) is 0 Å². The van der Waals surface area contributed by atoms with E-state index in [4.69, 9.17) is 0 Å². The van der Waals surface area contributed by atoms with Crippen LogP contribution < -0.4 is 0 Å². The fourth-order valence-electron chi connectivity index (χ4n) is 4.74. The van der Waals surface area contributed by atoms with E-state index in [1.54, 1.807) is 0 Å². The van der Waals surface area contributed by atoms with Crippen LogP contribution in [0, 0.1) is 34.5 Å². The molecule has 2 atom stereocenters. The van der Waals surface area contributed by atoms with Crippen molar-refractivity contribution in [2.45, 2.75) is 84.5 Å². The van der Waals surface area contributed by atoms with Crippen LogP contribution in [0.1, 0.15) is 84.5 Å². The number of rotatable bonds is 4. The summed E-state index contributed by atoms with van der Waals surface area (Å²) in [5.74, 6) is 2.79. The minimum Gasteiger partial charge on any atom is -0.198 e. The molecule has 0 radical (unpaired) electrons. The van der Waals surface area contributed by atoms with Gasteiger partial charge < -0.3 is 0 Å². The minimum atomic E-state index is 0.0409. The maximum atomic E-state index is 9.62. The van der Waals surface area contributed by atoms with Gasteiger partial charge in [-0.2, -0.15) is 5.26 Å². The molecule has 0 saturated heterocycles. The van der Waals surface area contributed by atoms with Crippen molar-refractivity contribution in [2.24, 2.45) is 23.2 Å². The Morgan fingerprint density at radius 2 is 1.79 bits per heavy atom. The molecule has 0 aromatic heterocycles. The van der Waals surface area contributed by atoms with Gasteiger partial charge in [0.25, 0.3) is 0 Å². The van der Waals surface area contributed by atoms with Crippen molar-refractivity contribution in [3.63, 3.8) is 0 Å². The first-order valence-corrected chi connectivity index (χ1v) is 8.64. The van der Waals surface area contributed by atoms with Gasteiger partial charge >= 0.3 is 0 Å². The van der Waals surface area contributed by atoms with Gasteiger partial charge in [-0.1, -0.05) is 52.4 Å². The second-order valence-corrected chi connectivity index (χ2v) is 7.19. The highest BCUT2D eigenvalue weighted by Crippen LogP contribution is 2.48. The third-order valence-electron chi connectivity index (χ3n) is 5.98. The van der Waals surface area contributed by atoms with E-state index in [1.165, 1.54) is 57.8 Å². The van der Waals surface area contributed by atoms with E-state index in [9.17, 15) is 5.26 Å². The Balaban J connectivity index is 1.92. The molecule has 0 aliphatic heterocycles. The fourth-order valence-corrected chi connectivity index (χ4v) is 4.74. The van der Waals surface area contributed by atoms with E-state index in [0.717, 1.165) is 30.6 Å². The van der Waals surface area contributed by atoms with Crippen molar-refractivity contribution >= 4 is 0 Å². The van der Waals surface area contributed by atoms with Crippen LogP contribution in [0.2, 0.25) is 0 Å². The van der Waals surface area contributed by atoms with Crippen LogP contribution in [-0.4, -0.2) is 0 Å². The number of nitriles is 1. The van der Waals surface area contributed by atoms with Crippen molar-refractivity contribution in [1.82, 2.24) is 0 Å². The standard InChI is InChI=1S/C18H31N/c1-3-11-18(14-19)12-5-6-17(13-18)16-9-7-15(4-2)8-10-16/h15-17H,3-13H2,1-2H3/t15?,16?,17-,18+/m1/s1. The second kappa shape index (κ2) is 6.78. The van der Waals surface area contributed by atoms with Crippen LogP contribution in [0.15, 0.2) is 0 Å². The number of hydrogen-bond donors (Lipinski definition) is 0. The lowest BCUT2D eigenvalue weighted by atomic mass is 9.62. The number of hydrogen-bond acceptors (Lipinski definition) is 1. The highest BCUT2D eigenvalue weighted by Gasteiger charge is 2.39. The maximum Gasteiger partial charge on any atom is 0.0689 e. The van der Waals surface area contributed by atoms with Gasteiger partial charge in [-0.3, -0.25) is 0 Å². The van der Waals surface area contributed by atoms with E-state index in [-0.39, 0.29) is 5.41 Å². The van der Waals surface area contributed by atoms with Crippen LogP contribution in [-0.2, 0) is 0 Å². The predicted molar refractivity (Wildman–Crippen MR) is 80.7 cm³/mol. The Bertz CT molecular complexity index is 304. The SMILES string of the molecule is CCC[C@]1(C#N)CCC[C@@H](C2CCC(CC)CC2)C1. The minimum absolute atomic E-state index is 0.0409. The van der Waals surface area contributed by atoms with Crippen LogP contribution >= 0.6 is 0 Å². The molecule has 2 saturated carbocycles. The average molecular weight is 261 g/mol. The monoisotopic (exact) mass is 261 g/mol. The molecule has 1 heteroatoms. The fraction of sp³-hybridized carbons (Fsp3) is 0.944. The zero-order valence-electron chi connectivity index (χ0n) is 13.0. The van der Waals surface area contributed by atoms with Gasteiger partial charge in [0.05, 0.1) is 11.5 Å². The van der Waals surface area contributed by atoms with Crippen LogP contribution in [0.4, 0.5) is 0 Å². The third-order valence-corrected chi connectivity index (χ3v) is 5.98. The molecule has 108 valence electrons. The average Bonchev–Trinajstić information content (AvgIpc) is 2.48. The van der Waals surface area contributed by atoms with Gasteiger partial charge in [0.1, 0.15) is 0 Å². The van der Waals surface area contributed by atoms with Crippen LogP contribution in [0.5, 0.6) is 0 Å². The molecule has 0 N–H and O–H groups in total. The van der Waals surface area contributed by atoms with Crippen molar-refractivity contribution in [1.29, 1.82) is 5.26 Å². The Morgan fingerprint density at radius 3 is 2.37 bits per heavy atom. The molecular formula is C18H31N. The largest absolute Gasteiger partial charge is 0.198 e. The van der Waals surface area contributed by atoms with Crippen LogP contribution in [0.25, 0.3) is 0 Å². The molecule has 2 fully saturated rings. The maximum absolute atomic E-state index is 9.62. The summed E-state index contributed by atoms with van der Waals surface area (Å²) in [6, 6.07) is 2.71. The molecule has 2 rings (SSSR count). The molecule has 0 aromatic rings. The van der Waals surface area contributed by atoms with Gasteiger partial charge in [0.15, 0.2) is 0 Å². The van der Waals surface area contributed by atoms with Gasteiger partial charge in [-0.05, 0) is 49.9 Å². The first-order chi connectivity index (χ1) is 9.23. The molecule has 0 heterocycles. The Morgan fingerprint density at radius 1 is 1.05 bits per heavy atom. The summed E-state index contributed by atoms with van der Waals surface area (Å²) in [5, 5.41) is 9.62. The molecule has 0 unspecified atom stereocenters. The van der Waals surface area contributed by atoms with Gasteiger partial charge in [0, 0.05) is 0 Å². The number of nitrogens with zero attached hydrogens (tertiary/aromatic N) is 1. The second-order valence-electron chi connectivity index (χ2n) is 7.19. The quantitative estimate of drug-likeness (QED) is 0.636. The molecule has 0 bridgehead atoms. The van der Waals surface area contributed by atoms with E-state index in [2.05, 4.69) is 19.9 Å². The summed E-state index contributed by atoms with van der Waals surface area (Å²) in [5.41, 5.74) is 0.0409. The van der Waals surface area contributed by atoms with E-state index >= 15 is 0 Å². The van der Waals surface area contributed by atoms with Crippen molar-refractivity contribution in [3.8, 4) is 6.07 Å². The van der Waals surface area contributed by atoms with Crippen molar-refractivity contribution < 1.29 is 0 Å².